The fourth-order valence-corrected chi connectivity index (χ4v) is 3.50. The van der Waals surface area contributed by atoms with Crippen molar-refractivity contribution in [1.29, 1.82) is 0 Å². The Morgan fingerprint density at radius 3 is 2.39 bits per heavy atom. The van der Waals surface area contributed by atoms with E-state index in [1.54, 1.807) is 0 Å². The van der Waals surface area contributed by atoms with Crippen LogP contribution in [-0.4, -0.2) is 0 Å². The molecule has 1 aliphatic carbocycles. The first-order valence-electron chi connectivity index (χ1n) is 7.04. The number of thiol groups is 1. The molecule has 1 heteroatoms. The van der Waals surface area contributed by atoms with Crippen molar-refractivity contribution in [3.05, 3.63) is 42.0 Å². The van der Waals surface area contributed by atoms with Crippen LogP contribution in [0.2, 0.25) is 0 Å². The van der Waals surface area contributed by atoms with Gasteiger partial charge in [0.05, 0.1) is 0 Å². The minimum absolute atomic E-state index is 0.896. The highest BCUT2D eigenvalue weighted by molar-refractivity contribution is 7.80. The van der Waals surface area contributed by atoms with Crippen LogP contribution < -0.4 is 0 Å². The van der Waals surface area contributed by atoms with Gasteiger partial charge in [-0.1, -0.05) is 62.4 Å². The quantitative estimate of drug-likeness (QED) is 0.697. The Balaban J connectivity index is 1.94. The topological polar surface area (TPSA) is 0 Å². The maximum atomic E-state index is 4.56. The molecule has 0 aliphatic heterocycles. The van der Waals surface area contributed by atoms with Crippen LogP contribution in [-0.2, 0) is 6.42 Å². The second-order valence-electron chi connectivity index (χ2n) is 5.50. The van der Waals surface area contributed by atoms with Gasteiger partial charge < -0.3 is 0 Å². The predicted molar refractivity (Wildman–Crippen MR) is 81.5 cm³/mol. The second kappa shape index (κ2) is 5.36. The van der Waals surface area contributed by atoms with Crippen LogP contribution >= 0.6 is 12.6 Å². The molecule has 0 nitrogen and oxygen atoms in total. The molecule has 1 saturated carbocycles. The number of fused-ring (bicyclic) bond motifs is 1. The summed E-state index contributed by atoms with van der Waals surface area (Å²) in [6.07, 6.45) is 8.36. The molecule has 0 unspecified atom stereocenters. The smallest absolute Gasteiger partial charge is 0.0119 e. The second-order valence-corrected chi connectivity index (χ2v) is 5.98. The van der Waals surface area contributed by atoms with Crippen molar-refractivity contribution in [2.75, 3.05) is 0 Å². The lowest BCUT2D eigenvalue weighted by molar-refractivity contribution is 0.357. The minimum atomic E-state index is 0.896. The molecule has 0 aromatic heterocycles. The van der Waals surface area contributed by atoms with Gasteiger partial charge in [0.2, 0.25) is 0 Å². The van der Waals surface area contributed by atoms with Crippen molar-refractivity contribution in [2.24, 2.45) is 5.92 Å². The summed E-state index contributed by atoms with van der Waals surface area (Å²) in [6.45, 7) is 0. The minimum Gasteiger partial charge on any atom is -0.143 e. The van der Waals surface area contributed by atoms with Gasteiger partial charge in [0.25, 0.3) is 0 Å². The summed E-state index contributed by atoms with van der Waals surface area (Å²) in [5.74, 6) is 0.896. The molecule has 0 radical (unpaired) electrons. The summed E-state index contributed by atoms with van der Waals surface area (Å²) in [4.78, 5) is 1.10. The van der Waals surface area contributed by atoms with E-state index in [4.69, 9.17) is 0 Å². The van der Waals surface area contributed by atoms with Crippen molar-refractivity contribution in [3.8, 4) is 0 Å². The Bertz CT molecular complexity index is 538. The summed E-state index contributed by atoms with van der Waals surface area (Å²) < 4.78 is 0. The highest BCUT2D eigenvalue weighted by Gasteiger charge is 2.15. The van der Waals surface area contributed by atoms with E-state index in [1.165, 1.54) is 54.9 Å². The summed E-state index contributed by atoms with van der Waals surface area (Å²) >= 11 is 4.56. The third-order valence-electron chi connectivity index (χ3n) is 4.22. The van der Waals surface area contributed by atoms with Gasteiger partial charge in [0, 0.05) is 4.90 Å². The van der Waals surface area contributed by atoms with Crippen LogP contribution in [0.3, 0.4) is 0 Å². The van der Waals surface area contributed by atoms with Crippen molar-refractivity contribution < 1.29 is 0 Å². The third-order valence-corrected chi connectivity index (χ3v) is 4.61. The molecule has 0 bridgehead atoms. The van der Waals surface area contributed by atoms with Gasteiger partial charge >= 0.3 is 0 Å². The molecule has 2 aromatic rings. The lowest BCUT2D eigenvalue weighted by atomic mass is 9.84. The molecule has 3 rings (SSSR count). The number of hydrogen-bond acceptors (Lipinski definition) is 1. The van der Waals surface area contributed by atoms with E-state index in [1.807, 2.05) is 0 Å². The zero-order chi connectivity index (χ0) is 12.4. The van der Waals surface area contributed by atoms with Gasteiger partial charge in [0.15, 0.2) is 0 Å². The molecular formula is C17H20S. The first kappa shape index (κ1) is 12.1. The molecule has 18 heavy (non-hydrogen) atoms. The van der Waals surface area contributed by atoms with Crippen LogP contribution in [0.5, 0.6) is 0 Å². The summed E-state index contributed by atoms with van der Waals surface area (Å²) in [7, 11) is 0. The number of benzene rings is 2. The van der Waals surface area contributed by atoms with Gasteiger partial charge in [-0.15, -0.1) is 12.6 Å². The van der Waals surface area contributed by atoms with Gasteiger partial charge in [0.1, 0.15) is 0 Å². The molecule has 0 amide bonds. The van der Waals surface area contributed by atoms with E-state index in [2.05, 4.69) is 49.0 Å². The van der Waals surface area contributed by atoms with Crippen LogP contribution in [0, 0.1) is 5.92 Å². The Morgan fingerprint density at radius 1 is 0.889 bits per heavy atom. The lowest BCUT2D eigenvalue weighted by Crippen LogP contribution is -2.09. The van der Waals surface area contributed by atoms with Gasteiger partial charge in [-0.3, -0.25) is 0 Å². The Labute approximate surface area is 115 Å². The van der Waals surface area contributed by atoms with E-state index in [9.17, 15) is 0 Å². The fraction of sp³-hybridized carbons (Fsp3) is 0.412. The molecule has 0 spiro atoms. The molecule has 0 heterocycles. The predicted octanol–water partition coefficient (Wildman–Crippen LogP) is 5.25. The van der Waals surface area contributed by atoms with Crippen LogP contribution in [0.25, 0.3) is 10.8 Å². The van der Waals surface area contributed by atoms with Gasteiger partial charge in [-0.25, -0.2) is 0 Å². The van der Waals surface area contributed by atoms with Crippen molar-refractivity contribution in [2.45, 2.75) is 43.4 Å². The summed E-state index contributed by atoms with van der Waals surface area (Å²) in [6, 6.07) is 13.1. The standard InChI is InChI=1S/C17H20S/c18-17-11-10-14(12-13-6-2-1-3-7-13)15-8-4-5-9-16(15)17/h4-5,8-11,13,18H,1-3,6-7,12H2. The molecule has 1 fully saturated rings. The molecule has 2 aromatic carbocycles. The SMILES string of the molecule is Sc1ccc(CC2CCCCC2)c2ccccc12. The molecule has 0 N–H and O–H groups in total. The van der Waals surface area contributed by atoms with Crippen molar-refractivity contribution in [3.63, 3.8) is 0 Å². The Morgan fingerprint density at radius 2 is 1.61 bits per heavy atom. The average Bonchev–Trinajstić information content (AvgIpc) is 2.44. The summed E-state index contributed by atoms with van der Waals surface area (Å²) in [5.41, 5.74) is 1.51. The molecule has 0 atom stereocenters. The largest absolute Gasteiger partial charge is 0.143 e. The first-order chi connectivity index (χ1) is 8.84. The normalized spacial score (nSPS) is 17.2. The zero-order valence-electron chi connectivity index (χ0n) is 10.7. The maximum Gasteiger partial charge on any atom is 0.0119 e. The number of hydrogen-bond donors (Lipinski definition) is 1. The van der Waals surface area contributed by atoms with E-state index in [0.717, 1.165) is 10.8 Å². The average molecular weight is 256 g/mol. The fourth-order valence-electron chi connectivity index (χ4n) is 3.23. The Hall–Kier alpha value is -0.950. The highest BCUT2D eigenvalue weighted by Crippen LogP contribution is 2.31. The van der Waals surface area contributed by atoms with Crippen LogP contribution in [0.15, 0.2) is 41.3 Å². The van der Waals surface area contributed by atoms with Crippen LogP contribution in [0.1, 0.15) is 37.7 Å². The molecule has 0 saturated heterocycles. The van der Waals surface area contributed by atoms with Crippen LogP contribution in [0.4, 0.5) is 0 Å². The molecule has 94 valence electrons. The van der Waals surface area contributed by atoms with Crippen molar-refractivity contribution >= 4 is 23.4 Å². The van der Waals surface area contributed by atoms with E-state index < -0.39 is 0 Å². The summed E-state index contributed by atoms with van der Waals surface area (Å²) in [5, 5.41) is 2.70. The first-order valence-corrected chi connectivity index (χ1v) is 7.49. The third kappa shape index (κ3) is 2.42. The zero-order valence-corrected chi connectivity index (χ0v) is 11.6. The van der Waals surface area contributed by atoms with E-state index in [0.29, 0.717) is 0 Å². The van der Waals surface area contributed by atoms with Crippen molar-refractivity contribution in [1.82, 2.24) is 0 Å². The van der Waals surface area contributed by atoms with E-state index >= 15 is 0 Å². The van der Waals surface area contributed by atoms with E-state index in [-0.39, 0.29) is 0 Å². The lowest BCUT2D eigenvalue weighted by Gasteiger charge is -2.22. The van der Waals surface area contributed by atoms with Gasteiger partial charge in [-0.05, 0) is 34.7 Å². The van der Waals surface area contributed by atoms with Gasteiger partial charge in [-0.2, -0.15) is 0 Å². The Kier molecular flexibility index (Phi) is 3.60. The molecule has 1 aliphatic rings. The number of rotatable bonds is 2. The monoisotopic (exact) mass is 256 g/mol. The molecular weight excluding hydrogens is 236 g/mol. The highest BCUT2D eigenvalue weighted by atomic mass is 32.1. The maximum absolute atomic E-state index is 4.56.